The topological polar surface area (TPSA) is 43.2 Å². The van der Waals surface area contributed by atoms with Crippen LogP contribution in [0.25, 0.3) is 11.0 Å². The number of hydrogen-bond donors (Lipinski definition) is 0. The minimum Gasteiger partial charge on any atom is -0.492 e. The first-order valence-corrected chi connectivity index (χ1v) is 7.61. The number of nitrogens with zero attached hydrogens (tertiary/aromatic N) is 4. The number of aryl methyl sites for hydroxylation is 1. The van der Waals surface area contributed by atoms with Gasteiger partial charge in [0.2, 0.25) is 0 Å². The van der Waals surface area contributed by atoms with Crippen molar-refractivity contribution in [3.05, 3.63) is 53.3 Å². The molecule has 1 aliphatic rings. The molecule has 0 saturated heterocycles. The maximum absolute atomic E-state index is 14.0. The molecule has 0 bridgehead atoms. The maximum atomic E-state index is 14.0. The summed E-state index contributed by atoms with van der Waals surface area (Å²) in [5.41, 5.74) is 3.65. The zero-order valence-electron chi connectivity index (χ0n) is 12.9. The van der Waals surface area contributed by atoms with Gasteiger partial charge in [-0.2, -0.15) is 0 Å². The zero-order chi connectivity index (χ0) is 15.8. The fourth-order valence-electron chi connectivity index (χ4n) is 2.99. The van der Waals surface area contributed by atoms with E-state index in [2.05, 4.69) is 21.3 Å². The molecule has 2 aromatic carbocycles. The second kappa shape index (κ2) is 5.62. The molecule has 0 unspecified atom stereocenters. The smallest absolute Gasteiger partial charge is 0.131 e. The normalized spacial score (nSPS) is 15.2. The van der Waals surface area contributed by atoms with Crippen molar-refractivity contribution in [2.45, 2.75) is 13.1 Å². The van der Waals surface area contributed by atoms with Gasteiger partial charge in [-0.15, -0.1) is 5.10 Å². The number of benzene rings is 2. The van der Waals surface area contributed by atoms with Gasteiger partial charge < -0.3 is 4.74 Å². The first-order chi connectivity index (χ1) is 11.2. The van der Waals surface area contributed by atoms with Crippen molar-refractivity contribution in [1.82, 2.24) is 19.9 Å². The number of aromatic nitrogens is 3. The van der Waals surface area contributed by atoms with Gasteiger partial charge in [-0.05, 0) is 29.8 Å². The fraction of sp³-hybridized carbons (Fsp3) is 0.294. The number of hydrogen-bond acceptors (Lipinski definition) is 4. The van der Waals surface area contributed by atoms with E-state index in [9.17, 15) is 4.39 Å². The lowest BCUT2D eigenvalue weighted by molar-refractivity contribution is 0.219. The second-order valence-electron chi connectivity index (χ2n) is 5.81. The van der Waals surface area contributed by atoms with Crippen LogP contribution in [0.3, 0.4) is 0 Å². The van der Waals surface area contributed by atoms with E-state index in [0.717, 1.165) is 29.7 Å². The van der Waals surface area contributed by atoms with Crippen LogP contribution < -0.4 is 4.74 Å². The molecule has 3 aromatic rings. The van der Waals surface area contributed by atoms with Crippen LogP contribution in [0.1, 0.15) is 11.1 Å². The first-order valence-electron chi connectivity index (χ1n) is 7.61. The molecule has 6 heteroatoms. The average molecular weight is 312 g/mol. The fourth-order valence-corrected chi connectivity index (χ4v) is 2.99. The van der Waals surface area contributed by atoms with Gasteiger partial charge in [0.15, 0.2) is 0 Å². The Balaban J connectivity index is 1.59. The van der Waals surface area contributed by atoms with Crippen LogP contribution in [0.15, 0.2) is 36.4 Å². The van der Waals surface area contributed by atoms with Gasteiger partial charge in [0, 0.05) is 32.2 Å². The van der Waals surface area contributed by atoms with Crippen molar-refractivity contribution in [3.63, 3.8) is 0 Å². The summed E-state index contributed by atoms with van der Waals surface area (Å²) >= 11 is 0. The Kier molecular flexibility index (Phi) is 3.46. The Labute approximate surface area is 133 Å². The van der Waals surface area contributed by atoms with E-state index < -0.39 is 0 Å². The van der Waals surface area contributed by atoms with Crippen molar-refractivity contribution in [2.24, 2.45) is 7.05 Å². The van der Waals surface area contributed by atoms with Crippen LogP contribution in [-0.4, -0.2) is 33.0 Å². The monoisotopic (exact) mass is 312 g/mol. The van der Waals surface area contributed by atoms with E-state index in [4.69, 9.17) is 4.74 Å². The van der Waals surface area contributed by atoms with E-state index in [1.165, 1.54) is 6.07 Å². The van der Waals surface area contributed by atoms with Crippen molar-refractivity contribution in [1.29, 1.82) is 0 Å². The first kappa shape index (κ1) is 14.1. The molecule has 0 fully saturated rings. The summed E-state index contributed by atoms with van der Waals surface area (Å²) in [4.78, 5) is 2.19. The molecule has 1 aliphatic heterocycles. The highest BCUT2D eigenvalue weighted by Gasteiger charge is 2.18. The Morgan fingerprint density at radius 2 is 2.17 bits per heavy atom. The lowest BCUT2D eigenvalue weighted by Crippen LogP contribution is -2.25. The van der Waals surface area contributed by atoms with Crippen LogP contribution in [0.2, 0.25) is 0 Å². The minimum atomic E-state index is -0.209. The van der Waals surface area contributed by atoms with Gasteiger partial charge in [0.25, 0.3) is 0 Å². The predicted molar refractivity (Wildman–Crippen MR) is 84.5 cm³/mol. The Bertz CT molecular complexity index is 861. The molecule has 0 saturated carbocycles. The molecular formula is C17H17FN4O. The summed E-state index contributed by atoms with van der Waals surface area (Å²) in [6, 6.07) is 11.1. The number of fused-ring (bicyclic) bond motifs is 2. The Hall–Kier alpha value is -2.47. The summed E-state index contributed by atoms with van der Waals surface area (Å²) in [5, 5.41) is 8.17. The average Bonchev–Trinajstić information content (AvgIpc) is 2.78. The van der Waals surface area contributed by atoms with Crippen LogP contribution in [0.5, 0.6) is 5.75 Å². The Morgan fingerprint density at radius 1 is 1.26 bits per heavy atom. The lowest BCUT2D eigenvalue weighted by atomic mass is 10.1. The van der Waals surface area contributed by atoms with Crippen LogP contribution in [-0.2, 0) is 20.1 Å². The van der Waals surface area contributed by atoms with Crippen LogP contribution >= 0.6 is 0 Å². The summed E-state index contributed by atoms with van der Waals surface area (Å²) in [6.45, 7) is 2.58. The van der Waals surface area contributed by atoms with Gasteiger partial charge in [-0.1, -0.05) is 17.3 Å². The molecule has 0 spiro atoms. The molecule has 1 aromatic heterocycles. The molecule has 118 valence electrons. The second-order valence-corrected chi connectivity index (χ2v) is 5.81. The molecule has 0 N–H and O–H groups in total. The zero-order valence-corrected chi connectivity index (χ0v) is 12.9. The lowest BCUT2D eigenvalue weighted by Gasteiger charge is -2.19. The molecule has 5 nitrogen and oxygen atoms in total. The highest BCUT2D eigenvalue weighted by Crippen LogP contribution is 2.26. The highest BCUT2D eigenvalue weighted by molar-refractivity contribution is 5.74. The van der Waals surface area contributed by atoms with Crippen molar-refractivity contribution in [3.8, 4) is 5.75 Å². The van der Waals surface area contributed by atoms with Gasteiger partial charge in [-0.25, -0.2) is 9.07 Å². The largest absolute Gasteiger partial charge is 0.492 e. The third-order valence-corrected chi connectivity index (χ3v) is 4.20. The standard InChI is InChI=1S/C17H17FN4O/c1-21-16-6-5-12(9-15(16)19-20-21)10-22-7-8-23-17-4-2-3-14(18)13(17)11-22/h2-6,9H,7-8,10-11H2,1H3. The van der Waals surface area contributed by atoms with E-state index in [0.29, 0.717) is 24.5 Å². The van der Waals surface area contributed by atoms with Crippen LogP contribution in [0, 0.1) is 5.82 Å². The number of halogens is 1. The number of rotatable bonds is 2. The quantitative estimate of drug-likeness (QED) is 0.729. The predicted octanol–water partition coefficient (Wildman–Crippen LogP) is 2.50. The van der Waals surface area contributed by atoms with Gasteiger partial charge in [-0.3, -0.25) is 4.90 Å². The summed E-state index contributed by atoms with van der Waals surface area (Å²) in [6.07, 6.45) is 0. The highest BCUT2D eigenvalue weighted by atomic mass is 19.1. The van der Waals surface area contributed by atoms with Crippen LogP contribution in [0.4, 0.5) is 4.39 Å². The minimum absolute atomic E-state index is 0.209. The SMILES string of the molecule is Cn1nnc2cc(CN3CCOc4cccc(F)c4C3)ccc21. The molecule has 4 rings (SSSR count). The molecule has 0 radical (unpaired) electrons. The van der Waals surface area contributed by atoms with E-state index in [-0.39, 0.29) is 5.82 Å². The summed E-state index contributed by atoms with van der Waals surface area (Å²) < 4.78 is 21.5. The van der Waals surface area contributed by atoms with Gasteiger partial charge in [0.05, 0.1) is 5.52 Å². The van der Waals surface area contributed by atoms with Crippen molar-refractivity contribution < 1.29 is 9.13 Å². The third kappa shape index (κ3) is 2.66. The third-order valence-electron chi connectivity index (χ3n) is 4.20. The molecule has 2 heterocycles. The summed E-state index contributed by atoms with van der Waals surface area (Å²) in [5.74, 6) is 0.440. The van der Waals surface area contributed by atoms with Gasteiger partial charge >= 0.3 is 0 Å². The van der Waals surface area contributed by atoms with E-state index >= 15 is 0 Å². The molecule has 0 aliphatic carbocycles. The summed E-state index contributed by atoms with van der Waals surface area (Å²) in [7, 11) is 1.88. The Morgan fingerprint density at radius 3 is 3.09 bits per heavy atom. The van der Waals surface area contributed by atoms with E-state index in [1.54, 1.807) is 10.7 Å². The molecule has 0 atom stereocenters. The van der Waals surface area contributed by atoms with Crippen molar-refractivity contribution in [2.75, 3.05) is 13.2 Å². The number of ether oxygens (including phenoxy) is 1. The van der Waals surface area contributed by atoms with Gasteiger partial charge in [0.1, 0.15) is 23.7 Å². The molecular weight excluding hydrogens is 295 g/mol. The molecule has 23 heavy (non-hydrogen) atoms. The van der Waals surface area contributed by atoms with Crippen molar-refractivity contribution >= 4 is 11.0 Å². The van der Waals surface area contributed by atoms with E-state index in [1.807, 2.05) is 25.2 Å². The maximum Gasteiger partial charge on any atom is 0.131 e. The molecule has 0 amide bonds.